The van der Waals surface area contributed by atoms with Crippen LogP contribution in [0.5, 0.6) is 0 Å². The van der Waals surface area contributed by atoms with Crippen LogP contribution in [0.4, 0.5) is 4.79 Å². The van der Waals surface area contributed by atoms with Crippen molar-refractivity contribution in [2.24, 2.45) is 5.41 Å². The SMILES string of the molecule is CC(C)(C)OC(=O)N1CC2(CCN(Cc3ccc(CO)cc3)CC2)C1. The van der Waals surface area contributed by atoms with Gasteiger partial charge in [0.05, 0.1) is 6.61 Å². The summed E-state index contributed by atoms with van der Waals surface area (Å²) in [5.41, 5.74) is 2.12. The summed E-state index contributed by atoms with van der Waals surface area (Å²) in [6, 6.07) is 8.18. The molecule has 2 saturated heterocycles. The predicted octanol–water partition coefficient (Wildman–Crippen LogP) is 3.01. The highest BCUT2D eigenvalue weighted by molar-refractivity contribution is 5.69. The fraction of sp³-hybridized carbons (Fsp3) is 0.650. The van der Waals surface area contributed by atoms with E-state index in [0.29, 0.717) is 5.41 Å². The van der Waals surface area contributed by atoms with Gasteiger partial charge < -0.3 is 14.7 Å². The summed E-state index contributed by atoms with van der Waals surface area (Å²) >= 11 is 0. The highest BCUT2D eigenvalue weighted by Gasteiger charge is 2.47. The Morgan fingerprint density at radius 1 is 1.12 bits per heavy atom. The number of amides is 1. The fourth-order valence-electron chi connectivity index (χ4n) is 3.73. The van der Waals surface area contributed by atoms with Crippen molar-refractivity contribution < 1.29 is 14.6 Å². The van der Waals surface area contributed by atoms with Crippen LogP contribution in [-0.4, -0.2) is 52.8 Å². The first-order valence-corrected chi connectivity index (χ1v) is 9.18. The lowest BCUT2D eigenvalue weighted by molar-refractivity contribution is -0.0600. The second-order valence-electron chi connectivity index (χ2n) is 8.59. The third kappa shape index (κ3) is 4.53. The van der Waals surface area contributed by atoms with Crippen molar-refractivity contribution >= 4 is 6.09 Å². The van der Waals surface area contributed by atoms with E-state index in [0.717, 1.165) is 51.1 Å². The number of likely N-dealkylation sites (tertiary alicyclic amines) is 2. The van der Waals surface area contributed by atoms with Gasteiger partial charge in [0.2, 0.25) is 0 Å². The van der Waals surface area contributed by atoms with E-state index in [1.807, 2.05) is 37.8 Å². The molecule has 1 aromatic rings. The molecule has 2 fully saturated rings. The molecule has 2 heterocycles. The number of hydrogen-bond acceptors (Lipinski definition) is 4. The Morgan fingerprint density at radius 2 is 1.68 bits per heavy atom. The summed E-state index contributed by atoms with van der Waals surface area (Å²) in [5.74, 6) is 0. The number of ether oxygens (including phenoxy) is 1. The first-order chi connectivity index (χ1) is 11.8. The fourth-order valence-corrected chi connectivity index (χ4v) is 3.73. The van der Waals surface area contributed by atoms with Gasteiger partial charge in [-0.15, -0.1) is 0 Å². The lowest BCUT2D eigenvalue weighted by Gasteiger charge is -2.53. The molecule has 3 rings (SSSR count). The molecule has 0 bridgehead atoms. The lowest BCUT2D eigenvalue weighted by Crippen LogP contribution is -2.62. The van der Waals surface area contributed by atoms with E-state index in [4.69, 9.17) is 9.84 Å². The molecule has 1 N–H and O–H groups in total. The average molecular weight is 346 g/mol. The van der Waals surface area contributed by atoms with Crippen molar-refractivity contribution in [3.05, 3.63) is 35.4 Å². The molecule has 25 heavy (non-hydrogen) atoms. The van der Waals surface area contributed by atoms with E-state index < -0.39 is 5.60 Å². The molecule has 0 aliphatic carbocycles. The lowest BCUT2D eigenvalue weighted by atomic mass is 9.72. The second-order valence-corrected chi connectivity index (χ2v) is 8.59. The van der Waals surface area contributed by atoms with Crippen molar-refractivity contribution in [3.63, 3.8) is 0 Å². The van der Waals surface area contributed by atoms with Gasteiger partial charge in [0.15, 0.2) is 0 Å². The Morgan fingerprint density at radius 3 is 2.20 bits per heavy atom. The minimum Gasteiger partial charge on any atom is -0.444 e. The number of aliphatic hydroxyl groups excluding tert-OH is 1. The van der Waals surface area contributed by atoms with Crippen molar-refractivity contribution in [2.75, 3.05) is 26.2 Å². The Labute approximate surface area is 150 Å². The van der Waals surface area contributed by atoms with Gasteiger partial charge in [-0.2, -0.15) is 0 Å². The summed E-state index contributed by atoms with van der Waals surface area (Å²) in [6.07, 6.45) is 2.10. The number of rotatable bonds is 3. The molecular weight excluding hydrogens is 316 g/mol. The minimum atomic E-state index is -0.422. The van der Waals surface area contributed by atoms with Crippen LogP contribution in [0.25, 0.3) is 0 Å². The zero-order chi connectivity index (χ0) is 18.1. The summed E-state index contributed by atoms with van der Waals surface area (Å²) < 4.78 is 5.45. The first-order valence-electron chi connectivity index (χ1n) is 9.18. The van der Waals surface area contributed by atoms with Crippen LogP contribution in [0.1, 0.15) is 44.7 Å². The number of carbonyl (C=O) groups excluding carboxylic acids is 1. The van der Waals surface area contributed by atoms with E-state index in [1.54, 1.807) is 0 Å². The summed E-state index contributed by atoms with van der Waals surface area (Å²) in [7, 11) is 0. The topological polar surface area (TPSA) is 53.0 Å². The van der Waals surface area contributed by atoms with Gasteiger partial charge in [-0.05, 0) is 57.8 Å². The van der Waals surface area contributed by atoms with E-state index in [2.05, 4.69) is 17.0 Å². The van der Waals surface area contributed by atoms with Crippen LogP contribution >= 0.6 is 0 Å². The number of piperidine rings is 1. The molecule has 0 atom stereocenters. The maximum Gasteiger partial charge on any atom is 0.410 e. The number of aliphatic hydroxyl groups is 1. The quantitative estimate of drug-likeness (QED) is 0.914. The zero-order valence-electron chi connectivity index (χ0n) is 15.6. The standard InChI is InChI=1S/C20H30N2O3/c1-19(2,3)25-18(24)22-14-20(15-22)8-10-21(11-9-20)12-16-4-6-17(13-23)7-5-16/h4-7,23H,8-15H2,1-3H3. The van der Waals surface area contributed by atoms with E-state index in [9.17, 15) is 4.79 Å². The van der Waals surface area contributed by atoms with Crippen molar-refractivity contribution in [2.45, 2.75) is 52.4 Å². The van der Waals surface area contributed by atoms with Gasteiger partial charge in [0.1, 0.15) is 5.60 Å². The molecule has 0 aromatic heterocycles. The minimum absolute atomic E-state index is 0.0979. The van der Waals surface area contributed by atoms with Gasteiger partial charge in [-0.25, -0.2) is 4.79 Å². The molecule has 2 aliphatic heterocycles. The predicted molar refractivity (Wildman–Crippen MR) is 97.1 cm³/mol. The third-order valence-corrected chi connectivity index (χ3v) is 5.23. The molecule has 5 heteroatoms. The van der Waals surface area contributed by atoms with Gasteiger partial charge in [0.25, 0.3) is 0 Å². The largest absolute Gasteiger partial charge is 0.444 e. The van der Waals surface area contributed by atoms with Crippen LogP contribution in [0, 0.1) is 5.41 Å². The van der Waals surface area contributed by atoms with Crippen LogP contribution in [0.15, 0.2) is 24.3 Å². The Bertz CT molecular complexity index is 590. The highest BCUT2D eigenvalue weighted by atomic mass is 16.6. The van der Waals surface area contributed by atoms with Crippen LogP contribution < -0.4 is 0 Å². The normalized spacial score (nSPS) is 20.4. The van der Waals surface area contributed by atoms with Crippen molar-refractivity contribution in [1.82, 2.24) is 9.80 Å². The number of carbonyl (C=O) groups is 1. The van der Waals surface area contributed by atoms with E-state index in [1.165, 1.54) is 5.56 Å². The molecule has 1 aromatic carbocycles. The van der Waals surface area contributed by atoms with Crippen LogP contribution in [0.2, 0.25) is 0 Å². The zero-order valence-corrected chi connectivity index (χ0v) is 15.6. The van der Waals surface area contributed by atoms with Gasteiger partial charge in [-0.3, -0.25) is 4.90 Å². The van der Waals surface area contributed by atoms with Gasteiger partial charge >= 0.3 is 6.09 Å². The molecule has 2 aliphatic rings. The smallest absolute Gasteiger partial charge is 0.410 e. The van der Waals surface area contributed by atoms with Crippen LogP contribution in [0.3, 0.4) is 0 Å². The highest BCUT2D eigenvalue weighted by Crippen LogP contribution is 2.41. The maximum atomic E-state index is 12.1. The maximum absolute atomic E-state index is 12.1. The van der Waals surface area contributed by atoms with Crippen molar-refractivity contribution in [3.8, 4) is 0 Å². The molecule has 1 spiro atoms. The molecule has 5 nitrogen and oxygen atoms in total. The molecular formula is C20H30N2O3. The molecule has 0 radical (unpaired) electrons. The molecule has 1 amide bonds. The van der Waals surface area contributed by atoms with Gasteiger partial charge in [0, 0.05) is 25.0 Å². The summed E-state index contributed by atoms with van der Waals surface area (Å²) in [6.45, 7) is 10.6. The van der Waals surface area contributed by atoms with E-state index in [-0.39, 0.29) is 12.7 Å². The molecule has 0 unspecified atom stereocenters. The number of benzene rings is 1. The molecule has 0 saturated carbocycles. The summed E-state index contributed by atoms with van der Waals surface area (Å²) in [4.78, 5) is 16.4. The number of nitrogens with zero attached hydrogens (tertiary/aromatic N) is 2. The monoisotopic (exact) mass is 346 g/mol. The molecule has 138 valence electrons. The Hall–Kier alpha value is -1.59. The van der Waals surface area contributed by atoms with E-state index >= 15 is 0 Å². The van der Waals surface area contributed by atoms with Gasteiger partial charge in [-0.1, -0.05) is 24.3 Å². The summed E-state index contributed by atoms with van der Waals surface area (Å²) in [5, 5.41) is 9.12. The third-order valence-electron chi connectivity index (χ3n) is 5.23. The Balaban J connectivity index is 1.44. The Kier molecular flexibility index (Phi) is 5.07. The van der Waals surface area contributed by atoms with Crippen molar-refractivity contribution in [1.29, 1.82) is 0 Å². The van der Waals surface area contributed by atoms with Crippen LogP contribution in [-0.2, 0) is 17.9 Å². The average Bonchev–Trinajstić information content (AvgIpc) is 2.52. The number of hydrogen-bond donors (Lipinski definition) is 1. The second kappa shape index (κ2) is 6.96. The first kappa shape index (κ1) is 18.2.